The Morgan fingerprint density at radius 3 is 1.78 bits per heavy atom. The summed E-state index contributed by atoms with van der Waals surface area (Å²) >= 11 is 0. The molecule has 45 heavy (non-hydrogen) atoms. The number of amides is 4. The Morgan fingerprint density at radius 2 is 1.24 bits per heavy atom. The Balaban J connectivity index is 3.20. The molecule has 0 bridgehead atoms. The summed E-state index contributed by atoms with van der Waals surface area (Å²) in [5, 5.41) is 16.4. The minimum absolute atomic E-state index is 0.126. The fraction of sp³-hybridized carbons (Fsp3) is 0.567. The Morgan fingerprint density at radius 1 is 0.733 bits per heavy atom. The van der Waals surface area contributed by atoms with E-state index < -0.39 is 77.5 Å². The minimum atomic E-state index is -1.67. The van der Waals surface area contributed by atoms with Gasteiger partial charge in [-0.3, -0.25) is 24.0 Å². The number of ether oxygens (including phenoxy) is 3. The van der Waals surface area contributed by atoms with Crippen molar-refractivity contribution in [3.63, 3.8) is 0 Å². The first-order valence-corrected chi connectivity index (χ1v) is 14.3. The van der Waals surface area contributed by atoms with Crippen LogP contribution in [0.3, 0.4) is 0 Å². The Labute approximate surface area is 261 Å². The molecule has 0 aliphatic heterocycles. The number of alkyl carbamates (subject to hydrolysis) is 1. The smallest absolute Gasteiger partial charge is 0.408 e. The molecule has 1 rings (SSSR count). The molecular weight excluding hydrogens is 592 g/mol. The number of rotatable bonds is 16. The molecule has 4 amide bonds. The highest BCUT2D eigenvalue weighted by atomic mass is 16.6. The van der Waals surface area contributed by atoms with Crippen molar-refractivity contribution in [2.75, 3.05) is 0 Å². The quantitative estimate of drug-likeness (QED) is 0.129. The van der Waals surface area contributed by atoms with Crippen LogP contribution in [-0.4, -0.2) is 76.2 Å². The van der Waals surface area contributed by atoms with Crippen LogP contribution in [0.4, 0.5) is 4.79 Å². The average molecular weight is 637 g/mol. The van der Waals surface area contributed by atoms with Gasteiger partial charge in [-0.1, -0.05) is 30.3 Å². The second-order valence-corrected chi connectivity index (χ2v) is 12.1. The van der Waals surface area contributed by atoms with Gasteiger partial charge in [0, 0.05) is 12.8 Å². The molecule has 0 heterocycles. The number of carboxylic acids is 1. The maximum absolute atomic E-state index is 13.4. The summed E-state index contributed by atoms with van der Waals surface area (Å²) in [6.07, 6.45) is -3.02. The van der Waals surface area contributed by atoms with Gasteiger partial charge >= 0.3 is 24.0 Å². The van der Waals surface area contributed by atoms with Crippen molar-refractivity contribution in [3.05, 3.63) is 35.9 Å². The number of carbonyl (C=O) groups excluding carboxylic acids is 6. The van der Waals surface area contributed by atoms with Crippen molar-refractivity contribution in [3.8, 4) is 0 Å². The van der Waals surface area contributed by atoms with Crippen LogP contribution < -0.4 is 21.7 Å². The van der Waals surface area contributed by atoms with Crippen LogP contribution in [0.2, 0.25) is 0 Å². The monoisotopic (exact) mass is 636 g/mol. The van der Waals surface area contributed by atoms with Gasteiger partial charge in [0.1, 0.15) is 35.9 Å². The van der Waals surface area contributed by atoms with Crippen LogP contribution in [0.25, 0.3) is 0 Å². The molecule has 3 atom stereocenters. The lowest BCUT2D eigenvalue weighted by molar-refractivity contribution is -0.157. The van der Waals surface area contributed by atoms with Crippen molar-refractivity contribution in [1.82, 2.24) is 16.0 Å². The average Bonchev–Trinajstić information content (AvgIpc) is 2.89. The largest absolute Gasteiger partial charge is 0.480 e. The number of carboxylic acid groups (broad SMARTS) is 1. The molecule has 1 aromatic carbocycles. The van der Waals surface area contributed by atoms with Gasteiger partial charge in [-0.15, -0.1) is 0 Å². The predicted molar refractivity (Wildman–Crippen MR) is 159 cm³/mol. The lowest BCUT2D eigenvalue weighted by atomic mass is 10.1. The highest BCUT2D eigenvalue weighted by Crippen LogP contribution is 2.13. The van der Waals surface area contributed by atoms with Crippen molar-refractivity contribution in [2.24, 2.45) is 5.73 Å². The lowest BCUT2D eigenvalue weighted by Crippen LogP contribution is -2.56. The van der Waals surface area contributed by atoms with E-state index in [1.54, 1.807) is 71.9 Å². The van der Waals surface area contributed by atoms with Crippen molar-refractivity contribution < 1.29 is 52.9 Å². The topological polar surface area (TPSA) is 230 Å². The van der Waals surface area contributed by atoms with Crippen molar-refractivity contribution in [1.29, 1.82) is 0 Å². The standard InChI is InChI=1S/C30H44N4O11/c1-29(2,3)44-23(36)15-13-19(34-28(42)43-17-18-10-8-7-9-11-18)25(38)33-21(16-24(37)45-30(4,5)6)26(39)32-20(27(40)41)12-14-22(31)35/h7-11,19-21H,12-17H2,1-6H3,(H2,31,35)(H,32,39)(H,33,38)(H,34,42)(H,40,41). The minimum Gasteiger partial charge on any atom is -0.480 e. The first-order valence-electron chi connectivity index (χ1n) is 14.3. The van der Waals surface area contributed by atoms with Crippen LogP contribution >= 0.6 is 0 Å². The number of nitrogens with two attached hydrogens (primary N) is 1. The molecule has 1 aromatic rings. The molecule has 6 N–H and O–H groups in total. The van der Waals surface area contributed by atoms with Crippen LogP contribution in [0.15, 0.2) is 30.3 Å². The maximum Gasteiger partial charge on any atom is 0.408 e. The van der Waals surface area contributed by atoms with Gasteiger partial charge in [-0.25, -0.2) is 9.59 Å². The van der Waals surface area contributed by atoms with E-state index in [-0.39, 0.29) is 32.3 Å². The number of hydrogen-bond donors (Lipinski definition) is 5. The second kappa shape index (κ2) is 17.6. The normalized spacial score (nSPS) is 13.3. The van der Waals surface area contributed by atoms with E-state index in [0.29, 0.717) is 5.56 Å². The van der Waals surface area contributed by atoms with Gasteiger partial charge in [0.05, 0.1) is 6.42 Å². The van der Waals surface area contributed by atoms with E-state index in [2.05, 4.69) is 16.0 Å². The van der Waals surface area contributed by atoms with E-state index >= 15 is 0 Å². The summed E-state index contributed by atoms with van der Waals surface area (Å²) in [6.45, 7) is 9.59. The molecular formula is C30H44N4O11. The van der Waals surface area contributed by atoms with E-state index in [1.807, 2.05) is 0 Å². The molecule has 0 aliphatic rings. The highest BCUT2D eigenvalue weighted by Gasteiger charge is 2.33. The molecule has 15 heteroatoms. The third kappa shape index (κ3) is 17.3. The predicted octanol–water partition coefficient (Wildman–Crippen LogP) is 1.45. The first kappa shape index (κ1) is 38.3. The second-order valence-electron chi connectivity index (χ2n) is 12.1. The van der Waals surface area contributed by atoms with Gasteiger partial charge in [-0.2, -0.15) is 0 Å². The summed E-state index contributed by atoms with van der Waals surface area (Å²) < 4.78 is 15.7. The molecule has 15 nitrogen and oxygen atoms in total. The summed E-state index contributed by atoms with van der Waals surface area (Å²) in [7, 11) is 0. The molecule has 0 saturated heterocycles. The molecule has 0 aliphatic carbocycles. The summed E-state index contributed by atoms with van der Waals surface area (Å²) in [4.78, 5) is 87.1. The fourth-order valence-electron chi connectivity index (χ4n) is 3.68. The molecule has 0 fully saturated rings. The van der Waals surface area contributed by atoms with E-state index in [1.165, 1.54) is 0 Å². The molecule has 0 aromatic heterocycles. The van der Waals surface area contributed by atoms with Crippen molar-refractivity contribution >= 4 is 41.7 Å². The van der Waals surface area contributed by atoms with Crippen LogP contribution in [-0.2, 0) is 49.6 Å². The van der Waals surface area contributed by atoms with E-state index in [0.717, 1.165) is 0 Å². The number of benzene rings is 1. The molecule has 250 valence electrons. The summed E-state index contributed by atoms with van der Waals surface area (Å²) in [5.41, 5.74) is 3.99. The summed E-state index contributed by atoms with van der Waals surface area (Å²) in [5.74, 6) is -5.90. The highest BCUT2D eigenvalue weighted by molar-refractivity contribution is 5.95. The Hall–Kier alpha value is -4.69. The SMILES string of the molecule is CC(C)(C)OC(=O)CCC(NC(=O)OCc1ccccc1)C(=O)NC(CC(=O)OC(C)(C)C)C(=O)NC(CCC(N)=O)C(=O)O. The lowest BCUT2D eigenvalue weighted by Gasteiger charge is -2.26. The molecule has 0 radical (unpaired) electrons. The summed E-state index contributed by atoms with van der Waals surface area (Å²) in [6, 6.07) is 4.01. The number of nitrogens with one attached hydrogen (secondary N) is 3. The van der Waals surface area contributed by atoms with E-state index in [9.17, 15) is 38.7 Å². The fourth-order valence-corrected chi connectivity index (χ4v) is 3.68. The van der Waals surface area contributed by atoms with Crippen LogP contribution in [0.5, 0.6) is 0 Å². The van der Waals surface area contributed by atoms with Gasteiger partial charge < -0.3 is 41.0 Å². The Kier molecular flexibility index (Phi) is 15.0. The number of esters is 2. The zero-order chi connectivity index (χ0) is 34.4. The number of primary amides is 1. The van der Waals surface area contributed by atoms with Crippen LogP contribution in [0, 0.1) is 0 Å². The zero-order valence-electron chi connectivity index (χ0n) is 26.5. The van der Waals surface area contributed by atoms with E-state index in [4.69, 9.17) is 19.9 Å². The Bertz CT molecular complexity index is 1210. The number of hydrogen-bond acceptors (Lipinski definition) is 10. The van der Waals surface area contributed by atoms with Gasteiger partial charge in [0.25, 0.3) is 0 Å². The van der Waals surface area contributed by atoms with Gasteiger partial charge in [0.15, 0.2) is 0 Å². The zero-order valence-corrected chi connectivity index (χ0v) is 26.5. The third-order valence-electron chi connectivity index (χ3n) is 5.60. The van der Waals surface area contributed by atoms with Gasteiger partial charge in [-0.05, 0) is 59.9 Å². The molecule has 0 saturated carbocycles. The number of aliphatic carboxylic acids is 1. The van der Waals surface area contributed by atoms with Gasteiger partial charge in [0.2, 0.25) is 17.7 Å². The molecule has 3 unspecified atom stereocenters. The van der Waals surface area contributed by atoms with Crippen LogP contribution in [0.1, 0.15) is 79.2 Å². The van der Waals surface area contributed by atoms with Crippen molar-refractivity contribution in [2.45, 2.75) is 110 Å². The maximum atomic E-state index is 13.4. The third-order valence-corrected chi connectivity index (χ3v) is 5.60. The number of carbonyl (C=O) groups is 7. The first-order chi connectivity index (χ1) is 20.8. The molecule has 0 spiro atoms.